The van der Waals surface area contributed by atoms with Gasteiger partial charge in [0.2, 0.25) is 11.7 Å². The zero-order valence-electron chi connectivity index (χ0n) is 9.47. The monoisotopic (exact) mass is 243 g/mol. The predicted molar refractivity (Wildman–Crippen MR) is 63.7 cm³/mol. The fourth-order valence-corrected chi connectivity index (χ4v) is 1.77. The van der Waals surface area contributed by atoms with E-state index in [4.69, 9.17) is 4.42 Å². The molecule has 1 aromatic carbocycles. The summed E-state index contributed by atoms with van der Waals surface area (Å²) in [5, 5.41) is 16.9. The van der Waals surface area contributed by atoms with Crippen molar-refractivity contribution in [1.29, 1.82) is 0 Å². The van der Waals surface area contributed by atoms with E-state index in [0.717, 1.165) is 5.39 Å². The highest BCUT2D eigenvalue weighted by molar-refractivity contribution is 6.05. The van der Waals surface area contributed by atoms with E-state index in [1.165, 1.54) is 6.92 Å². The Morgan fingerprint density at radius 1 is 1.39 bits per heavy atom. The van der Waals surface area contributed by atoms with Gasteiger partial charge in [0, 0.05) is 12.3 Å². The van der Waals surface area contributed by atoms with Crippen LogP contribution in [0.3, 0.4) is 0 Å². The summed E-state index contributed by atoms with van der Waals surface area (Å²) in [6.45, 7) is 1.43. The fourth-order valence-electron chi connectivity index (χ4n) is 1.77. The number of hydrogen-bond acceptors (Lipinski definition) is 5. The van der Waals surface area contributed by atoms with Crippen molar-refractivity contribution >= 4 is 22.6 Å². The number of nitrogens with zero attached hydrogens (tertiary/aromatic N) is 3. The largest absolute Gasteiger partial charge is 0.450 e. The third kappa shape index (κ3) is 1.61. The number of tetrazole rings is 1. The van der Waals surface area contributed by atoms with Crippen LogP contribution in [0.2, 0.25) is 0 Å². The number of carbonyl (C=O) groups excluding carboxylic acids is 1. The summed E-state index contributed by atoms with van der Waals surface area (Å²) in [6.07, 6.45) is 0. The third-order valence-corrected chi connectivity index (χ3v) is 2.46. The number of aromatic nitrogens is 4. The molecule has 90 valence electrons. The Morgan fingerprint density at radius 2 is 2.22 bits per heavy atom. The molecule has 7 heteroatoms. The van der Waals surface area contributed by atoms with E-state index in [9.17, 15) is 4.79 Å². The minimum Gasteiger partial charge on any atom is -0.450 e. The molecule has 2 aromatic heterocycles. The summed E-state index contributed by atoms with van der Waals surface area (Å²) in [7, 11) is 0. The molecule has 0 radical (unpaired) electrons. The van der Waals surface area contributed by atoms with Crippen LogP contribution in [0.1, 0.15) is 6.92 Å². The summed E-state index contributed by atoms with van der Waals surface area (Å²) >= 11 is 0. The Balaban J connectivity index is 2.26. The maximum absolute atomic E-state index is 11.3. The molecule has 0 saturated carbocycles. The van der Waals surface area contributed by atoms with E-state index >= 15 is 0 Å². The van der Waals surface area contributed by atoms with Crippen molar-refractivity contribution in [3.05, 3.63) is 24.3 Å². The summed E-state index contributed by atoms with van der Waals surface area (Å²) in [5.41, 5.74) is 1.23. The lowest BCUT2D eigenvalue weighted by Gasteiger charge is -2.00. The van der Waals surface area contributed by atoms with E-state index in [1.807, 2.05) is 24.3 Å². The Morgan fingerprint density at radius 3 is 2.94 bits per heavy atom. The summed E-state index contributed by atoms with van der Waals surface area (Å²) in [5.74, 6) is 0.599. The van der Waals surface area contributed by atoms with Crippen LogP contribution in [-0.4, -0.2) is 26.5 Å². The van der Waals surface area contributed by atoms with E-state index in [0.29, 0.717) is 22.9 Å². The predicted octanol–water partition coefficient (Wildman–Crippen LogP) is 1.57. The second kappa shape index (κ2) is 3.95. The molecule has 0 aliphatic carbocycles. The number of furan rings is 1. The molecular weight excluding hydrogens is 234 g/mol. The first-order valence-corrected chi connectivity index (χ1v) is 5.29. The molecule has 0 aliphatic heterocycles. The van der Waals surface area contributed by atoms with Crippen LogP contribution < -0.4 is 5.32 Å². The van der Waals surface area contributed by atoms with Crippen molar-refractivity contribution in [2.24, 2.45) is 0 Å². The number of hydrogen-bond donors (Lipinski definition) is 2. The van der Waals surface area contributed by atoms with Crippen molar-refractivity contribution in [2.45, 2.75) is 6.92 Å². The minimum atomic E-state index is -0.185. The summed E-state index contributed by atoms with van der Waals surface area (Å²) in [6, 6.07) is 7.39. The Kier molecular flexibility index (Phi) is 2.30. The molecule has 0 bridgehead atoms. The van der Waals surface area contributed by atoms with Gasteiger partial charge in [0.1, 0.15) is 5.58 Å². The van der Waals surface area contributed by atoms with Crippen LogP contribution in [-0.2, 0) is 4.79 Å². The van der Waals surface area contributed by atoms with Crippen LogP contribution >= 0.6 is 0 Å². The lowest BCUT2D eigenvalue weighted by Crippen LogP contribution is -2.06. The number of fused-ring (bicyclic) bond motifs is 1. The molecular formula is C11H9N5O2. The molecule has 1 amide bonds. The number of anilines is 1. The molecule has 7 nitrogen and oxygen atoms in total. The van der Waals surface area contributed by atoms with Crippen molar-refractivity contribution in [3.8, 4) is 11.6 Å². The summed E-state index contributed by atoms with van der Waals surface area (Å²) in [4.78, 5) is 11.3. The van der Waals surface area contributed by atoms with Gasteiger partial charge in [-0.25, -0.2) is 5.10 Å². The van der Waals surface area contributed by atoms with Crippen LogP contribution in [0.15, 0.2) is 28.7 Å². The van der Waals surface area contributed by atoms with E-state index in [-0.39, 0.29) is 5.91 Å². The Hall–Kier alpha value is -2.70. The van der Waals surface area contributed by atoms with Gasteiger partial charge in [-0.15, -0.1) is 5.10 Å². The van der Waals surface area contributed by atoms with Crippen LogP contribution in [0.4, 0.5) is 5.69 Å². The second-order valence-electron chi connectivity index (χ2n) is 3.73. The Labute approximate surface area is 101 Å². The number of nitrogens with one attached hydrogen (secondary N) is 2. The topological polar surface area (TPSA) is 96.7 Å². The first kappa shape index (κ1) is 10.5. The van der Waals surface area contributed by atoms with Gasteiger partial charge in [0.05, 0.1) is 5.69 Å². The van der Waals surface area contributed by atoms with Gasteiger partial charge in [-0.2, -0.15) is 0 Å². The van der Waals surface area contributed by atoms with Crippen LogP contribution in [0, 0.1) is 0 Å². The van der Waals surface area contributed by atoms with Gasteiger partial charge in [-0.3, -0.25) is 4.79 Å². The standard InChI is InChI=1S/C11H9N5O2/c1-6(17)12-9-7-4-2-3-5-8(7)18-10(9)11-13-15-16-14-11/h2-5H,1H3,(H,12,17)(H,13,14,15,16). The minimum absolute atomic E-state index is 0.185. The smallest absolute Gasteiger partial charge is 0.221 e. The van der Waals surface area contributed by atoms with Crippen molar-refractivity contribution in [1.82, 2.24) is 20.6 Å². The van der Waals surface area contributed by atoms with Crippen LogP contribution in [0.25, 0.3) is 22.6 Å². The molecule has 0 aliphatic rings. The molecule has 18 heavy (non-hydrogen) atoms. The Bertz CT molecular complexity index is 701. The normalized spacial score (nSPS) is 10.7. The second-order valence-corrected chi connectivity index (χ2v) is 3.73. The number of rotatable bonds is 2. The van der Waals surface area contributed by atoms with Gasteiger partial charge in [-0.1, -0.05) is 12.1 Å². The molecule has 3 rings (SSSR count). The van der Waals surface area contributed by atoms with Gasteiger partial charge in [0.15, 0.2) is 5.76 Å². The molecule has 3 aromatic rings. The quantitative estimate of drug-likeness (QED) is 0.712. The molecule has 2 N–H and O–H groups in total. The number of benzene rings is 1. The van der Waals surface area contributed by atoms with Crippen molar-refractivity contribution in [2.75, 3.05) is 5.32 Å². The van der Waals surface area contributed by atoms with Crippen LogP contribution in [0.5, 0.6) is 0 Å². The number of para-hydroxylation sites is 1. The van der Waals surface area contributed by atoms with Gasteiger partial charge in [0.25, 0.3) is 0 Å². The average Bonchev–Trinajstić information content (AvgIpc) is 2.96. The number of aromatic amines is 1. The molecule has 0 atom stereocenters. The number of H-pyrrole nitrogens is 1. The zero-order chi connectivity index (χ0) is 12.5. The highest BCUT2D eigenvalue weighted by Crippen LogP contribution is 2.35. The highest BCUT2D eigenvalue weighted by Gasteiger charge is 2.18. The molecule has 0 spiro atoms. The maximum Gasteiger partial charge on any atom is 0.221 e. The average molecular weight is 243 g/mol. The fraction of sp³-hybridized carbons (Fsp3) is 0.0909. The molecule has 0 unspecified atom stereocenters. The molecule has 2 heterocycles. The highest BCUT2D eigenvalue weighted by atomic mass is 16.3. The SMILES string of the molecule is CC(=O)Nc1c(-c2nnn[nH]2)oc2ccccc12. The lowest BCUT2D eigenvalue weighted by atomic mass is 10.2. The van der Waals surface area contributed by atoms with E-state index in [2.05, 4.69) is 25.9 Å². The van der Waals surface area contributed by atoms with Gasteiger partial charge in [-0.05, 0) is 22.6 Å². The number of amides is 1. The first-order valence-electron chi connectivity index (χ1n) is 5.29. The van der Waals surface area contributed by atoms with Crippen molar-refractivity contribution < 1.29 is 9.21 Å². The van der Waals surface area contributed by atoms with E-state index < -0.39 is 0 Å². The lowest BCUT2D eigenvalue weighted by molar-refractivity contribution is -0.114. The first-order chi connectivity index (χ1) is 8.75. The summed E-state index contributed by atoms with van der Waals surface area (Å²) < 4.78 is 5.66. The third-order valence-electron chi connectivity index (χ3n) is 2.46. The molecule has 0 fully saturated rings. The van der Waals surface area contributed by atoms with E-state index in [1.54, 1.807) is 0 Å². The zero-order valence-corrected chi connectivity index (χ0v) is 9.47. The number of carbonyl (C=O) groups is 1. The maximum atomic E-state index is 11.3. The van der Waals surface area contributed by atoms with Gasteiger partial charge >= 0.3 is 0 Å². The van der Waals surface area contributed by atoms with Crippen molar-refractivity contribution in [3.63, 3.8) is 0 Å². The van der Waals surface area contributed by atoms with Gasteiger partial charge < -0.3 is 9.73 Å². The molecule has 0 saturated heterocycles.